The van der Waals surface area contributed by atoms with Crippen molar-refractivity contribution in [3.05, 3.63) is 10.5 Å². The van der Waals surface area contributed by atoms with E-state index in [0.29, 0.717) is 6.04 Å². The van der Waals surface area contributed by atoms with Gasteiger partial charge in [0.05, 0.1) is 0 Å². The van der Waals surface area contributed by atoms with Crippen molar-refractivity contribution in [1.82, 2.24) is 20.1 Å². The highest BCUT2D eigenvalue weighted by molar-refractivity contribution is 7.99. The monoisotopic (exact) mass is 286 g/mol. The Balaban J connectivity index is 2.35. The Bertz CT molecular complexity index is 402. The lowest BCUT2D eigenvalue weighted by molar-refractivity contribution is 0.477. The highest BCUT2D eigenvalue weighted by Gasteiger charge is 2.08. The Morgan fingerprint density at radius 1 is 1.42 bits per heavy atom. The van der Waals surface area contributed by atoms with Gasteiger partial charge in [0.2, 0.25) is 0 Å². The van der Waals surface area contributed by atoms with Gasteiger partial charge in [-0.25, -0.2) is 9.89 Å². The van der Waals surface area contributed by atoms with Crippen LogP contribution in [0, 0.1) is 0 Å². The summed E-state index contributed by atoms with van der Waals surface area (Å²) in [5.41, 5.74) is -0.0940. The second kappa shape index (κ2) is 9.20. The van der Waals surface area contributed by atoms with Gasteiger partial charge in [-0.05, 0) is 32.2 Å². The molecule has 2 N–H and O–H groups in total. The molecule has 6 heteroatoms. The molecule has 0 aliphatic heterocycles. The molecule has 19 heavy (non-hydrogen) atoms. The largest absolute Gasteiger partial charge is 0.343 e. The zero-order valence-electron chi connectivity index (χ0n) is 12.2. The molecule has 0 aliphatic carbocycles. The molecule has 0 amide bonds. The average molecular weight is 286 g/mol. The third-order valence-electron chi connectivity index (χ3n) is 3.08. The average Bonchev–Trinajstić information content (AvgIpc) is 2.75. The van der Waals surface area contributed by atoms with Crippen LogP contribution in [-0.2, 0) is 6.54 Å². The van der Waals surface area contributed by atoms with Crippen LogP contribution in [0.15, 0.2) is 9.95 Å². The normalized spacial score (nSPS) is 12.8. The lowest BCUT2D eigenvalue weighted by Crippen LogP contribution is -2.28. The summed E-state index contributed by atoms with van der Waals surface area (Å²) in [5.74, 6) is 1.01. The van der Waals surface area contributed by atoms with Crippen LogP contribution in [0.2, 0.25) is 0 Å². The molecule has 1 aromatic heterocycles. The van der Waals surface area contributed by atoms with E-state index in [1.54, 1.807) is 16.3 Å². The predicted molar refractivity (Wildman–Crippen MR) is 80.9 cm³/mol. The van der Waals surface area contributed by atoms with Crippen LogP contribution < -0.4 is 11.0 Å². The van der Waals surface area contributed by atoms with Crippen LogP contribution in [0.1, 0.15) is 46.5 Å². The summed E-state index contributed by atoms with van der Waals surface area (Å²) in [6.45, 7) is 8.20. The summed E-state index contributed by atoms with van der Waals surface area (Å²) in [6.07, 6.45) is 4.44. The predicted octanol–water partition coefficient (Wildman–Crippen LogP) is 2.24. The van der Waals surface area contributed by atoms with E-state index in [9.17, 15) is 4.79 Å². The maximum atomic E-state index is 11.5. The molecule has 1 heterocycles. The van der Waals surface area contributed by atoms with E-state index in [1.807, 2.05) is 0 Å². The minimum atomic E-state index is -0.0940. The zero-order valence-corrected chi connectivity index (χ0v) is 13.1. The number of hydrogen-bond donors (Lipinski definition) is 2. The Hall–Kier alpha value is -0.750. The van der Waals surface area contributed by atoms with Gasteiger partial charge in [0.1, 0.15) is 0 Å². The standard InChI is InChI=1S/C13H26N4OS/c1-4-9-17-12(18)15-16-13(17)19-10-7-8-11(5-2)14-6-3/h11,14H,4-10H2,1-3H3,(H,15,18). The SMILES string of the molecule is CCCn1c(SCCCC(CC)NCC)n[nH]c1=O. The summed E-state index contributed by atoms with van der Waals surface area (Å²) >= 11 is 1.67. The first-order valence-corrected chi connectivity index (χ1v) is 8.22. The van der Waals surface area contributed by atoms with E-state index in [0.717, 1.165) is 36.8 Å². The highest BCUT2D eigenvalue weighted by atomic mass is 32.2. The summed E-state index contributed by atoms with van der Waals surface area (Å²) in [6, 6.07) is 0.614. The van der Waals surface area contributed by atoms with E-state index in [-0.39, 0.29) is 5.69 Å². The molecule has 0 aromatic carbocycles. The van der Waals surface area contributed by atoms with Crippen LogP contribution >= 0.6 is 11.8 Å². The Morgan fingerprint density at radius 3 is 2.84 bits per heavy atom. The fourth-order valence-corrected chi connectivity index (χ4v) is 3.00. The van der Waals surface area contributed by atoms with E-state index < -0.39 is 0 Å². The maximum Gasteiger partial charge on any atom is 0.343 e. The van der Waals surface area contributed by atoms with Crippen LogP contribution in [0.4, 0.5) is 0 Å². The van der Waals surface area contributed by atoms with Crippen molar-refractivity contribution in [3.8, 4) is 0 Å². The maximum absolute atomic E-state index is 11.5. The summed E-state index contributed by atoms with van der Waals surface area (Å²) < 4.78 is 1.73. The topological polar surface area (TPSA) is 62.7 Å². The first-order valence-electron chi connectivity index (χ1n) is 7.24. The molecule has 1 atom stereocenters. The highest BCUT2D eigenvalue weighted by Crippen LogP contribution is 2.16. The number of rotatable bonds is 10. The van der Waals surface area contributed by atoms with Gasteiger partial charge in [-0.15, -0.1) is 5.10 Å². The zero-order chi connectivity index (χ0) is 14.1. The molecule has 1 rings (SSSR count). The first-order chi connectivity index (χ1) is 9.22. The molecule has 0 fully saturated rings. The van der Waals surface area contributed by atoms with Crippen LogP contribution in [0.3, 0.4) is 0 Å². The third kappa shape index (κ3) is 5.40. The van der Waals surface area contributed by atoms with Gasteiger partial charge < -0.3 is 5.32 Å². The Labute approximate surface area is 119 Å². The van der Waals surface area contributed by atoms with E-state index in [2.05, 4.69) is 36.3 Å². The van der Waals surface area contributed by atoms with Crippen molar-refractivity contribution in [2.45, 2.75) is 64.2 Å². The molecule has 0 saturated heterocycles. The lowest BCUT2D eigenvalue weighted by Gasteiger charge is -2.15. The van der Waals surface area contributed by atoms with Gasteiger partial charge in [0.25, 0.3) is 0 Å². The third-order valence-corrected chi connectivity index (χ3v) is 4.15. The second-order valence-corrected chi connectivity index (χ2v) is 5.68. The minimum Gasteiger partial charge on any atom is -0.314 e. The number of aromatic amines is 1. The number of nitrogens with one attached hydrogen (secondary N) is 2. The Morgan fingerprint density at radius 2 is 2.21 bits per heavy atom. The van der Waals surface area contributed by atoms with Crippen LogP contribution in [0.5, 0.6) is 0 Å². The fraction of sp³-hybridized carbons (Fsp3) is 0.846. The van der Waals surface area contributed by atoms with Gasteiger partial charge in [-0.3, -0.25) is 4.57 Å². The van der Waals surface area contributed by atoms with Crippen LogP contribution in [0.25, 0.3) is 0 Å². The van der Waals surface area contributed by atoms with Crippen molar-refractivity contribution in [2.24, 2.45) is 0 Å². The van der Waals surface area contributed by atoms with E-state index >= 15 is 0 Å². The number of nitrogens with zero attached hydrogens (tertiary/aromatic N) is 2. The van der Waals surface area contributed by atoms with Gasteiger partial charge in [-0.1, -0.05) is 32.5 Å². The number of H-pyrrole nitrogens is 1. The molecule has 5 nitrogen and oxygen atoms in total. The van der Waals surface area contributed by atoms with E-state index in [1.165, 1.54) is 12.8 Å². The molecule has 0 radical (unpaired) electrons. The van der Waals surface area contributed by atoms with Gasteiger partial charge in [0.15, 0.2) is 5.16 Å². The number of thioether (sulfide) groups is 1. The van der Waals surface area contributed by atoms with Gasteiger partial charge in [0, 0.05) is 18.3 Å². The lowest BCUT2D eigenvalue weighted by atomic mass is 10.1. The van der Waals surface area contributed by atoms with Crippen molar-refractivity contribution >= 4 is 11.8 Å². The van der Waals surface area contributed by atoms with E-state index in [4.69, 9.17) is 0 Å². The summed E-state index contributed by atoms with van der Waals surface area (Å²) in [5, 5.41) is 10.9. The molecule has 1 aromatic rings. The number of aromatic nitrogens is 3. The molecule has 0 aliphatic rings. The van der Waals surface area contributed by atoms with Crippen molar-refractivity contribution < 1.29 is 0 Å². The van der Waals surface area contributed by atoms with Gasteiger partial charge in [-0.2, -0.15) is 0 Å². The quantitative estimate of drug-likeness (QED) is 0.511. The van der Waals surface area contributed by atoms with Gasteiger partial charge >= 0.3 is 5.69 Å². The molecule has 0 bridgehead atoms. The summed E-state index contributed by atoms with van der Waals surface area (Å²) in [7, 11) is 0. The molecule has 110 valence electrons. The minimum absolute atomic E-state index is 0.0940. The van der Waals surface area contributed by atoms with Crippen molar-refractivity contribution in [1.29, 1.82) is 0 Å². The summed E-state index contributed by atoms with van der Waals surface area (Å²) in [4.78, 5) is 11.5. The second-order valence-electron chi connectivity index (χ2n) is 4.62. The molecular weight excluding hydrogens is 260 g/mol. The van der Waals surface area contributed by atoms with Crippen molar-refractivity contribution in [3.63, 3.8) is 0 Å². The molecule has 1 unspecified atom stereocenters. The number of hydrogen-bond acceptors (Lipinski definition) is 4. The van der Waals surface area contributed by atoms with Crippen molar-refractivity contribution in [2.75, 3.05) is 12.3 Å². The molecular formula is C13H26N4OS. The van der Waals surface area contributed by atoms with Crippen LogP contribution in [-0.4, -0.2) is 33.1 Å². The molecule has 0 spiro atoms. The fourth-order valence-electron chi connectivity index (χ4n) is 2.07. The Kier molecular flexibility index (Phi) is 7.90. The first kappa shape index (κ1) is 16.3. The smallest absolute Gasteiger partial charge is 0.314 e. The molecule has 0 saturated carbocycles.